The third-order valence-electron chi connectivity index (χ3n) is 5.59. The second-order valence-corrected chi connectivity index (χ2v) is 10.0. The molecule has 1 saturated carbocycles. The number of aromatic nitrogens is 3. The first-order valence-corrected chi connectivity index (χ1v) is 11.9. The zero-order valence-electron chi connectivity index (χ0n) is 18.5. The van der Waals surface area contributed by atoms with Crippen LogP contribution in [0, 0.1) is 0 Å². The Balaban J connectivity index is 1.68. The van der Waals surface area contributed by atoms with Gasteiger partial charge in [0.05, 0.1) is 5.75 Å². The fourth-order valence-corrected chi connectivity index (χ4v) is 4.60. The number of nitrogens with one attached hydrogen (secondary N) is 1. The van der Waals surface area contributed by atoms with Gasteiger partial charge in [-0.05, 0) is 23.8 Å². The van der Waals surface area contributed by atoms with Gasteiger partial charge in [-0.2, -0.15) is 0 Å². The largest absolute Gasteiger partial charge is 0.353 e. The topological polar surface area (TPSA) is 59.8 Å². The number of carbonyl (C=O) groups is 1. The Bertz CT molecular complexity index is 843. The first-order chi connectivity index (χ1) is 14.4. The molecule has 0 atom stereocenters. The molecule has 2 aromatic rings. The van der Waals surface area contributed by atoms with Crippen molar-refractivity contribution in [3.05, 3.63) is 42.5 Å². The summed E-state index contributed by atoms with van der Waals surface area (Å²) in [5, 5.41) is 12.7. The highest BCUT2D eigenvalue weighted by Crippen LogP contribution is 2.28. The number of amides is 1. The van der Waals surface area contributed by atoms with Crippen molar-refractivity contribution in [2.24, 2.45) is 0 Å². The third-order valence-corrected chi connectivity index (χ3v) is 6.56. The van der Waals surface area contributed by atoms with Crippen molar-refractivity contribution < 1.29 is 4.79 Å². The van der Waals surface area contributed by atoms with E-state index >= 15 is 0 Å². The van der Waals surface area contributed by atoms with Gasteiger partial charge in [0.15, 0.2) is 11.0 Å². The molecule has 6 heteroatoms. The quantitative estimate of drug-likeness (QED) is 0.368. The van der Waals surface area contributed by atoms with Crippen molar-refractivity contribution >= 4 is 17.7 Å². The SMILES string of the molecule is C=CCn1c(SCC(=O)NC2CCCCCC2)nnc1-c1ccc(C(C)(C)C)cc1. The Hall–Kier alpha value is -2.08. The Morgan fingerprint density at radius 1 is 1.17 bits per heavy atom. The summed E-state index contributed by atoms with van der Waals surface area (Å²) in [6.07, 6.45) is 9.02. The van der Waals surface area contributed by atoms with Gasteiger partial charge in [0.1, 0.15) is 0 Å². The van der Waals surface area contributed by atoms with Crippen molar-refractivity contribution in [3.63, 3.8) is 0 Å². The highest BCUT2D eigenvalue weighted by molar-refractivity contribution is 7.99. The van der Waals surface area contributed by atoms with Gasteiger partial charge >= 0.3 is 0 Å². The molecule has 1 aliphatic carbocycles. The molecule has 3 rings (SSSR count). The maximum Gasteiger partial charge on any atom is 0.230 e. The summed E-state index contributed by atoms with van der Waals surface area (Å²) in [5.74, 6) is 1.24. The predicted molar refractivity (Wildman–Crippen MR) is 125 cm³/mol. The lowest BCUT2D eigenvalue weighted by atomic mass is 9.87. The fourth-order valence-electron chi connectivity index (χ4n) is 3.85. The van der Waals surface area contributed by atoms with E-state index in [0.29, 0.717) is 18.3 Å². The number of nitrogens with zero attached hydrogens (tertiary/aromatic N) is 3. The lowest BCUT2D eigenvalue weighted by Gasteiger charge is -2.19. The van der Waals surface area contributed by atoms with E-state index in [1.807, 2.05) is 10.6 Å². The summed E-state index contributed by atoms with van der Waals surface area (Å²) in [7, 11) is 0. The first kappa shape index (κ1) is 22.6. The summed E-state index contributed by atoms with van der Waals surface area (Å²) in [5.41, 5.74) is 2.41. The Morgan fingerprint density at radius 3 is 2.43 bits per heavy atom. The van der Waals surface area contributed by atoms with Crippen LogP contribution in [0.3, 0.4) is 0 Å². The fraction of sp³-hybridized carbons (Fsp3) is 0.542. The zero-order chi connectivity index (χ0) is 21.6. The molecule has 0 bridgehead atoms. The maximum atomic E-state index is 12.5. The molecule has 1 N–H and O–H groups in total. The molecule has 1 amide bonds. The molecule has 162 valence electrons. The van der Waals surface area contributed by atoms with Crippen LogP contribution < -0.4 is 5.32 Å². The van der Waals surface area contributed by atoms with Crippen LogP contribution in [0.15, 0.2) is 42.1 Å². The molecule has 1 aliphatic rings. The minimum atomic E-state index is 0.0798. The number of rotatable bonds is 7. The van der Waals surface area contributed by atoms with Crippen LogP contribution in [0.4, 0.5) is 0 Å². The molecule has 5 nitrogen and oxygen atoms in total. The summed E-state index contributed by atoms with van der Waals surface area (Å²) in [6, 6.07) is 8.81. The van der Waals surface area contributed by atoms with E-state index in [1.54, 1.807) is 0 Å². The Morgan fingerprint density at radius 2 is 1.83 bits per heavy atom. The van der Waals surface area contributed by atoms with Crippen molar-refractivity contribution in [3.8, 4) is 11.4 Å². The van der Waals surface area contributed by atoms with Crippen LogP contribution in [0.25, 0.3) is 11.4 Å². The van der Waals surface area contributed by atoms with E-state index in [1.165, 1.54) is 43.0 Å². The molecule has 1 heterocycles. The standard InChI is InChI=1S/C24H34N4OS/c1-5-16-28-22(18-12-14-19(15-13-18)24(2,3)4)26-27-23(28)30-17-21(29)25-20-10-8-6-7-9-11-20/h5,12-15,20H,1,6-11,16-17H2,2-4H3,(H,25,29). The molecular formula is C24H34N4OS. The monoisotopic (exact) mass is 426 g/mol. The van der Waals surface area contributed by atoms with Crippen LogP contribution in [-0.2, 0) is 16.8 Å². The molecule has 0 unspecified atom stereocenters. The lowest BCUT2D eigenvalue weighted by molar-refractivity contribution is -0.119. The van der Waals surface area contributed by atoms with E-state index < -0.39 is 0 Å². The Kier molecular flexibility index (Phi) is 7.75. The highest BCUT2D eigenvalue weighted by Gasteiger charge is 2.19. The van der Waals surface area contributed by atoms with E-state index in [4.69, 9.17) is 0 Å². The molecule has 1 fully saturated rings. The van der Waals surface area contributed by atoms with E-state index in [0.717, 1.165) is 29.4 Å². The minimum absolute atomic E-state index is 0.0798. The molecule has 0 spiro atoms. The number of hydrogen-bond acceptors (Lipinski definition) is 4. The van der Waals surface area contributed by atoms with Gasteiger partial charge in [0.2, 0.25) is 5.91 Å². The summed E-state index contributed by atoms with van der Waals surface area (Å²) in [4.78, 5) is 12.5. The van der Waals surface area contributed by atoms with Crippen LogP contribution in [0.5, 0.6) is 0 Å². The molecule has 1 aromatic carbocycles. The van der Waals surface area contributed by atoms with Gasteiger partial charge in [0.25, 0.3) is 0 Å². The average Bonchev–Trinajstić information content (AvgIpc) is 2.92. The second-order valence-electron chi connectivity index (χ2n) is 9.08. The number of allylic oxidation sites excluding steroid dienone is 1. The van der Waals surface area contributed by atoms with Crippen molar-refractivity contribution in [2.45, 2.75) is 82.5 Å². The normalized spacial score (nSPS) is 15.6. The van der Waals surface area contributed by atoms with Crippen molar-refractivity contribution in [1.29, 1.82) is 0 Å². The van der Waals surface area contributed by atoms with Gasteiger partial charge in [0, 0.05) is 18.2 Å². The van der Waals surface area contributed by atoms with Gasteiger partial charge in [-0.1, -0.05) is 88.6 Å². The maximum absolute atomic E-state index is 12.5. The van der Waals surface area contributed by atoms with Crippen molar-refractivity contribution in [1.82, 2.24) is 20.1 Å². The number of carbonyl (C=O) groups excluding carboxylic acids is 1. The van der Waals surface area contributed by atoms with Crippen LogP contribution in [0.2, 0.25) is 0 Å². The molecule has 0 radical (unpaired) electrons. The van der Waals surface area contributed by atoms with E-state index in [2.05, 4.69) is 67.1 Å². The summed E-state index contributed by atoms with van der Waals surface area (Å²) >= 11 is 1.44. The van der Waals surface area contributed by atoms with Crippen LogP contribution >= 0.6 is 11.8 Å². The first-order valence-electron chi connectivity index (χ1n) is 11.0. The van der Waals surface area contributed by atoms with Crippen LogP contribution in [0.1, 0.15) is 64.9 Å². The number of thioether (sulfide) groups is 1. The number of benzene rings is 1. The number of hydrogen-bond donors (Lipinski definition) is 1. The predicted octanol–water partition coefficient (Wildman–Crippen LogP) is 5.36. The zero-order valence-corrected chi connectivity index (χ0v) is 19.3. The highest BCUT2D eigenvalue weighted by atomic mass is 32.2. The average molecular weight is 427 g/mol. The van der Waals surface area contributed by atoms with E-state index in [-0.39, 0.29) is 11.3 Å². The van der Waals surface area contributed by atoms with Gasteiger partial charge < -0.3 is 5.32 Å². The van der Waals surface area contributed by atoms with Crippen LogP contribution in [-0.4, -0.2) is 32.5 Å². The molecule has 0 saturated heterocycles. The molecule has 30 heavy (non-hydrogen) atoms. The smallest absolute Gasteiger partial charge is 0.230 e. The summed E-state index contributed by atoms with van der Waals surface area (Å²) < 4.78 is 2.03. The second kappa shape index (κ2) is 10.3. The van der Waals surface area contributed by atoms with Gasteiger partial charge in [-0.3, -0.25) is 9.36 Å². The van der Waals surface area contributed by atoms with Gasteiger partial charge in [-0.15, -0.1) is 16.8 Å². The van der Waals surface area contributed by atoms with Gasteiger partial charge in [-0.25, -0.2) is 0 Å². The third kappa shape index (κ3) is 5.97. The Labute approximate surface area is 184 Å². The lowest BCUT2D eigenvalue weighted by Crippen LogP contribution is -2.35. The summed E-state index contributed by atoms with van der Waals surface area (Å²) in [6.45, 7) is 11.1. The van der Waals surface area contributed by atoms with Crippen molar-refractivity contribution in [2.75, 3.05) is 5.75 Å². The molecular weight excluding hydrogens is 392 g/mol. The van der Waals surface area contributed by atoms with E-state index in [9.17, 15) is 4.79 Å². The molecule has 0 aliphatic heterocycles. The minimum Gasteiger partial charge on any atom is -0.353 e. The molecule has 1 aromatic heterocycles.